The number of aromatic nitrogens is 3. The summed E-state index contributed by atoms with van der Waals surface area (Å²) in [5.74, 6) is -0.220. The van der Waals surface area contributed by atoms with Crippen molar-refractivity contribution in [2.24, 2.45) is 5.92 Å². The third-order valence-electron chi connectivity index (χ3n) is 9.17. The van der Waals surface area contributed by atoms with Crippen LogP contribution in [-0.2, 0) is 11.8 Å². The van der Waals surface area contributed by atoms with Crippen molar-refractivity contribution in [1.82, 2.24) is 19.5 Å². The smallest absolute Gasteiger partial charge is 0.341 e. The first-order valence-corrected chi connectivity index (χ1v) is 12.5. The number of hydrogen-bond donors (Lipinski definition) is 4. The molecule has 188 valence electrons. The van der Waals surface area contributed by atoms with E-state index in [9.17, 15) is 24.9 Å². The molecule has 10 heteroatoms. The lowest BCUT2D eigenvalue weighted by atomic mass is 9.53. The molecule has 1 aromatic carbocycles. The van der Waals surface area contributed by atoms with E-state index in [-0.39, 0.29) is 23.0 Å². The summed E-state index contributed by atoms with van der Waals surface area (Å²) in [6, 6.07) is 3.39. The van der Waals surface area contributed by atoms with Crippen LogP contribution in [0.3, 0.4) is 0 Å². The topological polar surface area (TPSA) is 140 Å². The summed E-state index contributed by atoms with van der Waals surface area (Å²) in [7, 11) is 0. The number of phenols is 1. The SMILES string of the molecule is Cc1c([C@@H]2Oc3c(O)ccc4c3[C@@]23CCN(CC2CC2)[C@H](C4)[C@@]3(C)O)[nH]c2c(C(=O)O)cnn2c1=O. The number of aromatic carboxylic acids is 1. The summed E-state index contributed by atoms with van der Waals surface area (Å²) in [5, 5.41) is 36.8. The highest BCUT2D eigenvalue weighted by Crippen LogP contribution is 2.65. The van der Waals surface area contributed by atoms with Crippen molar-refractivity contribution >= 4 is 11.6 Å². The van der Waals surface area contributed by atoms with E-state index in [0.717, 1.165) is 34.9 Å². The van der Waals surface area contributed by atoms with Gasteiger partial charge >= 0.3 is 5.97 Å². The van der Waals surface area contributed by atoms with E-state index >= 15 is 0 Å². The first kappa shape index (κ1) is 21.9. The Hall–Kier alpha value is -3.37. The third-order valence-corrected chi connectivity index (χ3v) is 9.17. The van der Waals surface area contributed by atoms with Crippen molar-refractivity contribution in [3.8, 4) is 11.5 Å². The van der Waals surface area contributed by atoms with Gasteiger partial charge in [-0.15, -0.1) is 0 Å². The van der Waals surface area contributed by atoms with Gasteiger partial charge in [0, 0.05) is 23.7 Å². The standard InChI is InChI=1S/C26H28N4O6/c1-12-19(28-22-15(24(33)34)10-27-30(22)23(12)32)21-26-7-8-29(11-13-3-4-13)17(25(26,2)35)9-14-5-6-16(31)20(36-21)18(14)26/h5-6,10,13,17,21,28,31,35H,3-4,7-9,11H2,1-2H3,(H,33,34)/t17-,21+,25-,26+/m1/s1. The number of aromatic amines is 1. The molecule has 2 aliphatic carbocycles. The zero-order chi connectivity index (χ0) is 25.1. The number of H-pyrrole nitrogens is 1. The third kappa shape index (κ3) is 2.55. The Bertz CT molecular complexity index is 1520. The van der Waals surface area contributed by atoms with Crippen LogP contribution in [-0.4, -0.2) is 65.5 Å². The molecule has 4 aliphatic rings. The number of nitrogens with one attached hydrogen (secondary N) is 1. The summed E-state index contributed by atoms with van der Waals surface area (Å²) in [5.41, 5.74) is -0.140. The van der Waals surface area contributed by atoms with Crippen LogP contribution in [0.2, 0.25) is 0 Å². The van der Waals surface area contributed by atoms with Crippen molar-refractivity contribution in [3.63, 3.8) is 0 Å². The Morgan fingerprint density at radius 1 is 1.33 bits per heavy atom. The minimum Gasteiger partial charge on any atom is -0.504 e. The van der Waals surface area contributed by atoms with Gasteiger partial charge in [0.2, 0.25) is 0 Å². The number of rotatable bonds is 4. The highest BCUT2D eigenvalue weighted by atomic mass is 16.5. The van der Waals surface area contributed by atoms with Gasteiger partial charge in [0.05, 0.1) is 22.9 Å². The van der Waals surface area contributed by atoms with Crippen LogP contribution in [0, 0.1) is 12.8 Å². The minimum absolute atomic E-state index is 0.0121. The van der Waals surface area contributed by atoms with Gasteiger partial charge in [-0.3, -0.25) is 9.69 Å². The molecule has 7 rings (SSSR count). The van der Waals surface area contributed by atoms with E-state index in [1.54, 1.807) is 13.0 Å². The second-order valence-electron chi connectivity index (χ2n) is 11.1. The summed E-state index contributed by atoms with van der Waals surface area (Å²) in [6.07, 6.45) is 3.96. The number of fused-ring (bicyclic) bond motifs is 2. The van der Waals surface area contributed by atoms with Crippen LogP contribution in [0.25, 0.3) is 5.65 Å². The van der Waals surface area contributed by atoms with E-state index in [4.69, 9.17) is 4.74 Å². The lowest BCUT2D eigenvalue weighted by molar-refractivity contribution is -0.156. The van der Waals surface area contributed by atoms with Gasteiger partial charge in [0.15, 0.2) is 23.3 Å². The number of nitrogens with zero attached hydrogens (tertiary/aromatic N) is 3. The average molecular weight is 493 g/mol. The Morgan fingerprint density at radius 3 is 2.83 bits per heavy atom. The highest BCUT2D eigenvalue weighted by molar-refractivity contribution is 5.94. The molecule has 4 heterocycles. The summed E-state index contributed by atoms with van der Waals surface area (Å²) in [6.45, 7) is 5.20. The molecule has 2 bridgehead atoms. The molecule has 1 saturated heterocycles. The van der Waals surface area contributed by atoms with E-state index < -0.39 is 28.6 Å². The van der Waals surface area contributed by atoms with Crippen LogP contribution >= 0.6 is 0 Å². The molecular weight excluding hydrogens is 464 g/mol. The molecule has 1 spiro atoms. The minimum atomic E-state index is -1.23. The Morgan fingerprint density at radius 2 is 2.11 bits per heavy atom. The fraction of sp³-hybridized carbons (Fsp3) is 0.500. The van der Waals surface area contributed by atoms with E-state index in [2.05, 4.69) is 15.0 Å². The van der Waals surface area contributed by atoms with Gasteiger partial charge < -0.3 is 25.0 Å². The summed E-state index contributed by atoms with van der Waals surface area (Å²) >= 11 is 0. The van der Waals surface area contributed by atoms with Crippen molar-refractivity contribution in [1.29, 1.82) is 0 Å². The summed E-state index contributed by atoms with van der Waals surface area (Å²) < 4.78 is 7.52. The first-order valence-electron chi connectivity index (χ1n) is 12.5. The number of phenolic OH excluding ortho intramolecular Hbond substituents is 1. The lowest BCUT2D eigenvalue weighted by Crippen LogP contribution is -2.71. The fourth-order valence-electron chi connectivity index (χ4n) is 7.13. The number of likely N-dealkylation sites (tertiary alicyclic amines) is 1. The second kappa shape index (κ2) is 6.89. The molecule has 1 saturated carbocycles. The molecule has 2 aliphatic heterocycles. The molecule has 2 fully saturated rings. The van der Waals surface area contributed by atoms with Gasteiger partial charge in [-0.1, -0.05) is 6.07 Å². The van der Waals surface area contributed by atoms with E-state index in [1.165, 1.54) is 12.8 Å². The molecule has 10 nitrogen and oxygen atoms in total. The molecule has 36 heavy (non-hydrogen) atoms. The predicted molar refractivity (Wildman–Crippen MR) is 128 cm³/mol. The van der Waals surface area contributed by atoms with Gasteiger partial charge in [-0.2, -0.15) is 9.61 Å². The number of benzene rings is 1. The quantitative estimate of drug-likeness (QED) is 0.433. The van der Waals surface area contributed by atoms with E-state index in [0.29, 0.717) is 35.8 Å². The Balaban J connectivity index is 1.47. The number of carboxylic acids is 1. The Labute approximate surface area is 206 Å². The average Bonchev–Trinajstić information content (AvgIpc) is 3.41. The largest absolute Gasteiger partial charge is 0.504 e. The van der Waals surface area contributed by atoms with Gasteiger partial charge in [0.25, 0.3) is 5.56 Å². The maximum atomic E-state index is 13.3. The normalized spacial score (nSPS) is 30.9. The van der Waals surface area contributed by atoms with Crippen molar-refractivity contribution in [2.45, 2.75) is 62.7 Å². The maximum Gasteiger partial charge on any atom is 0.341 e. The highest BCUT2D eigenvalue weighted by Gasteiger charge is 2.69. The van der Waals surface area contributed by atoms with Crippen LogP contribution < -0.4 is 10.3 Å². The molecule has 0 radical (unpaired) electrons. The molecule has 4 N–H and O–H groups in total. The molecule has 4 atom stereocenters. The zero-order valence-electron chi connectivity index (χ0n) is 20.1. The predicted octanol–water partition coefficient (Wildman–Crippen LogP) is 1.90. The number of aromatic hydroxyl groups is 1. The van der Waals surface area contributed by atoms with E-state index in [1.807, 2.05) is 13.0 Å². The van der Waals surface area contributed by atoms with Gasteiger partial charge in [-0.25, -0.2) is 4.79 Å². The number of ether oxygens (including phenoxy) is 1. The number of aliphatic hydroxyl groups is 1. The number of carboxylic acid groups (broad SMARTS) is 1. The summed E-state index contributed by atoms with van der Waals surface area (Å²) in [4.78, 5) is 30.6. The molecule has 3 aromatic rings. The van der Waals surface area contributed by atoms with Crippen LogP contribution in [0.1, 0.15) is 65.0 Å². The monoisotopic (exact) mass is 492 g/mol. The van der Waals surface area contributed by atoms with Crippen molar-refractivity contribution in [3.05, 3.63) is 56.6 Å². The molecule has 0 unspecified atom stereocenters. The number of hydrogen-bond acceptors (Lipinski definition) is 7. The van der Waals surface area contributed by atoms with Crippen LogP contribution in [0.15, 0.2) is 23.1 Å². The van der Waals surface area contributed by atoms with Gasteiger partial charge in [0.1, 0.15) is 5.56 Å². The first-order chi connectivity index (χ1) is 17.1. The molecular formula is C26H28N4O6. The fourth-order valence-corrected chi connectivity index (χ4v) is 7.13. The maximum absolute atomic E-state index is 13.3. The zero-order valence-corrected chi connectivity index (χ0v) is 20.1. The van der Waals surface area contributed by atoms with Crippen molar-refractivity contribution < 1.29 is 24.9 Å². The van der Waals surface area contributed by atoms with Crippen LogP contribution in [0.4, 0.5) is 0 Å². The van der Waals surface area contributed by atoms with Crippen LogP contribution in [0.5, 0.6) is 11.5 Å². The Kier molecular flexibility index (Phi) is 4.19. The van der Waals surface area contributed by atoms with Crippen molar-refractivity contribution in [2.75, 3.05) is 13.1 Å². The molecule has 2 aromatic heterocycles. The number of piperidine rings is 1. The molecule has 0 amide bonds. The second-order valence-corrected chi connectivity index (χ2v) is 11.1. The lowest BCUT2D eigenvalue weighted by Gasteiger charge is -2.60. The van der Waals surface area contributed by atoms with Gasteiger partial charge in [-0.05, 0) is 63.6 Å². The number of carbonyl (C=O) groups is 1.